The third-order valence-electron chi connectivity index (χ3n) is 5.27. The molecule has 0 aliphatic carbocycles. The van der Waals surface area contributed by atoms with Crippen molar-refractivity contribution in [3.05, 3.63) is 78.3 Å². The number of allylic oxidation sites excluding steroid dienone is 1. The van der Waals surface area contributed by atoms with Crippen molar-refractivity contribution in [3.8, 4) is 17.2 Å². The molecular formula is C24H25N5O4. The van der Waals surface area contributed by atoms with Crippen molar-refractivity contribution in [2.24, 2.45) is 0 Å². The van der Waals surface area contributed by atoms with E-state index in [1.165, 1.54) is 13.4 Å². The van der Waals surface area contributed by atoms with Gasteiger partial charge in [0.25, 0.3) is 5.91 Å². The summed E-state index contributed by atoms with van der Waals surface area (Å²) in [6.07, 6.45) is 3.12. The number of benzene rings is 2. The van der Waals surface area contributed by atoms with Gasteiger partial charge >= 0.3 is 0 Å². The molecule has 1 aliphatic rings. The van der Waals surface area contributed by atoms with Gasteiger partial charge in [-0.15, -0.1) is 0 Å². The number of para-hydroxylation sites is 1. The van der Waals surface area contributed by atoms with Gasteiger partial charge in [0.2, 0.25) is 5.95 Å². The molecule has 2 aromatic carbocycles. The first kappa shape index (κ1) is 21.9. The van der Waals surface area contributed by atoms with E-state index in [-0.39, 0.29) is 5.91 Å². The van der Waals surface area contributed by atoms with E-state index in [1.54, 1.807) is 36.1 Å². The predicted octanol–water partition coefficient (Wildman–Crippen LogP) is 3.79. The quantitative estimate of drug-likeness (QED) is 0.507. The van der Waals surface area contributed by atoms with E-state index < -0.39 is 6.04 Å². The second kappa shape index (κ2) is 9.47. The smallest absolute Gasteiger partial charge is 0.255 e. The maximum absolute atomic E-state index is 13.6. The minimum absolute atomic E-state index is 0.312. The Kier molecular flexibility index (Phi) is 6.30. The summed E-state index contributed by atoms with van der Waals surface area (Å²) in [5.74, 6) is 1.96. The van der Waals surface area contributed by atoms with Gasteiger partial charge in [0.1, 0.15) is 36.2 Å². The molecule has 1 atom stereocenters. The fourth-order valence-corrected chi connectivity index (χ4v) is 3.75. The molecule has 2 heterocycles. The third kappa shape index (κ3) is 4.25. The highest BCUT2D eigenvalue weighted by Gasteiger charge is 2.35. The Morgan fingerprint density at radius 2 is 2.03 bits per heavy atom. The Morgan fingerprint density at radius 3 is 2.79 bits per heavy atom. The molecule has 0 saturated heterocycles. The van der Waals surface area contributed by atoms with Gasteiger partial charge in [-0.25, -0.2) is 4.68 Å². The fraction of sp³-hybridized carbons (Fsp3) is 0.208. The normalized spacial score (nSPS) is 14.7. The number of ether oxygens (including phenoxy) is 3. The van der Waals surface area contributed by atoms with Gasteiger partial charge in [-0.05, 0) is 25.1 Å². The largest absolute Gasteiger partial charge is 0.497 e. The van der Waals surface area contributed by atoms with Crippen LogP contribution in [0.1, 0.15) is 18.5 Å². The minimum atomic E-state index is -0.561. The molecule has 4 rings (SSSR count). The number of hydrogen-bond acceptors (Lipinski definition) is 7. The monoisotopic (exact) mass is 447 g/mol. The molecule has 170 valence electrons. The van der Waals surface area contributed by atoms with E-state index >= 15 is 0 Å². The molecule has 0 radical (unpaired) electrons. The first-order valence-corrected chi connectivity index (χ1v) is 10.3. The average molecular weight is 447 g/mol. The number of nitrogens with one attached hydrogen (secondary N) is 2. The van der Waals surface area contributed by atoms with E-state index in [9.17, 15) is 4.79 Å². The highest BCUT2D eigenvalue weighted by atomic mass is 16.5. The van der Waals surface area contributed by atoms with Gasteiger partial charge in [-0.1, -0.05) is 30.9 Å². The number of rotatable bonds is 8. The minimum Gasteiger partial charge on any atom is -0.497 e. The number of nitrogens with zero attached hydrogens (tertiary/aromatic N) is 3. The van der Waals surface area contributed by atoms with Crippen LogP contribution in [0.3, 0.4) is 0 Å². The lowest BCUT2D eigenvalue weighted by Crippen LogP contribution is -2.31. The summed E-state index contributed by atoms with van der Waals surface area (Å²) in [7, 11) is 3.11. The summed E-state index contributed by atoms with van der Waals surface area (Å²) >= 11 is 0. The van der Waals surface area contributed by atoms with Crippen LogP contribution in [0.25, 0.3) is 0 Å². The van der Waals surface area contributed by atoms with Crippen molar-refractivity contribution >= 4 is 17.5 Å². The number of methoxy groups -OCH3 is 2. The Labute approximate surface area is 191 Å². The molecule has 1 aromatic heterocycles. The number of carbonyl (C=O) groups is 1. The average Bonchev–Trinajstić information content (AvgIpc) is 3.30. The number of fused-ring (bicyclic) bond motifs is 1. The topological polar surface area (TPSA) is 99.5 Å². The van der Waals surface area contributed by atoms with Gasteiger partial charge in [0.05, 0.1) is 25.5 Å². The third-order valence-corrected chi connectivity index (χ3v) is 5.27. The standard InChI is InChI=1S/C24H25N5O4/c1-5-12-33-19-9-7-6-8-17(19)22-21(15(2)27-24-25-14-26-29(22)24)23(30)28-18-11-10-16(31-3)13-20(18)32-4/h5-11,13-14,22H,1,12H2,2-4H3,(H,28,30)(H,25,26,27)/t22-/m1/s1. The number of amides is 1. The van der Waals surface area contributed by atoms with E-state index in [1.807, 2.05) is 31.2 Å². The highest BCUT2D eigenvalue weighted by Crippen LogP contribution is 2.39. The summed E-state index contributed by atoms with van der Waals surface area (Å²) in [5.41, 5.74) is 2.42. The van der Waals surface area contributed by atoms with Gasteiger partial charge < -0.3 is 24.8 Å². The number of aromatic nitrogens is 3. The lowest BCUT2D eigenvalue weighted by atomic mass is 9.94. The molecule has 1 amide bonds. The highest BCUT2D eigenvalue weighted by molar-refractivity contribution is 6.06. The van der Waals surface area contributed by atoms with E-state index in [2.05, 4.69) is 27.3 Å². The Morgan fingerprint density at radius 1 is 1.21 bits per heavy atom. The molecule has 0 bridgehead atoms. The molecule has 9 nitrogen and oxygen atoms in total. The first-order chi connectivity index (χ1) is 16.1. The van der Waals surface area contributed by atoms with Crippen LogP contribution in [0.2, 0.25) is 0 Å². The molecule has 9 heteroatoms. The van der Waals surface area contributed by atoms with Crippen LogP contribution in [0.4, 0.5) is 11.6 Å². The molecule has 0 fully saturated rings. The van der Waals surface area contributed by atoms with Crippen molar-refractivity contribution < 1.29 is 19.0 Å². The van der Waals surface area contributed by atoms with Crippen molar-refractivity contribution in [2.45, 2.75) is 13.0 Å². The van der Waals surface area contributed by atoms with Crippen molar-refractivity contribution in [3.63, 3.8) is 0 Å². The first-order valence-electron chi connectivity index (χ1n) is 10.3. The zero-order valence-corrected chi connectivity index (χ0v) is 18.7. The zero-order chi connectivity index (χ0) is 23.4. The van der Waals surface area contributed by atoms with Gasteiger partial charge in [0, 0.05) is 17.3 Å². The maximum atomic E-state index is 13.6. The molecule has 33 heavy (non-hydrogen) atoms. The zero-order valence-electron chi connectivity index (χ0n) is 18.7. The van der Waals surface area contributed by atoms with Crippen LogP contribution in [0.5, 0.6) is 17.2 Å². The molecule has 1 aliphatic heterocycles. The SMILES string of the molecule is C=CCOc1ccccc1[C@@H]1C(C(=O)Nc2ccc(OC)cc2OC)=C(C)Nc2ncnn21. The second-order valence-corrected chi connectivity index (χ2v) is 7.25. The van der Waals surface area contributed by atoms with Crippen LogP contribution >= 0.6 is 0 Å². The van der Waals surface area contributed by atoms with Crippen molar-refractivity contribution in [1.82, 2.24) is 14.8 Å². The summed E-state index contributed by atoms with van der Waals surface area (Å²) in [6.45, 7) is 5.88. The van der Waals surface area contributed by atoms with Crippen molar-refractivity contribution in [2.75, 3.05) is 31.5 Å². The lowest BCUT2D eigenvalue weighted by Gasteiger charge is -2.29. The maximum Gasteiger partial charge on any atom is 0.255 e. The van der Waals surface area contributed by atoms with Gasteiger partial charge in [-0.3, -0.25) is 4.79 Å². The Bertz CT molecular complexity index is 1220. The van der Waals surface area contributed by atoms with Crippen LogP contribution < -0.4 is 24.8 Å². The Balaban J connectivity index is 1.77. The van der Waals surface area contributed by atoms with Crippen molar-refractivity contribution in [1.29, 1.82) is 0 Å². The van der Waals surface area contributed by atoms with Crippen LogP contribution in [-0.4, -0.2) is 41.5 Å². The molecule has 2 N–H and O–H groups in total. The molecule has 0 unspecified atom stereocenters. The molecule has 3 aromatic rings. The van der Waals surface area contributed by atoms with Crippen LogP contribution in [-0.2, 0) is 4.79 Å². The number of carbonyl (C=O) groups excluding carboxylic acids is 1. The van der Waals surface area contributed by atoms with E-state index in [0.717, 1.165) is 5.56 Å². The molecular weight excluding hydrogens is 422 g/mol. The van der Waals surface area contributed by atoms with E-state index in [4.69, 9.17) is 14.2 Å². The van der Waals surface area contributed by atoms with Gasteiger partial charge in [0.15, 0.2) is 0 Å². The predicted molar refractivity (Wildman–Crippen MR) is 125 cm³/mol. The number of hydrogen-bond donors (Lipinski definition) is 2. The second-order valence-electron chi connectivity index (χ2n) is 7.25. The lowest BCUT2D eigenvalue weighted by molar-refractivity contribution is -0.113. The summed E-state index contributed by atoms with van der Waals surface area (Å²) < 4.78 is 18.2. The molecule has 0 spiro atoms. The summed E-state index contributed by atoms with van der Waals surface area (Å²) in [5, 5.41) is 10.5. The summed E-state index contributed by atoms with van der Waals surface area (Å²) in [6, 6.07) is 12.2. The van der Waals surface area contributed by atoms with Crippen LogP contribution in [0, 0.1) is 0 Å². The number of anilines is 2. The Hall–Kier alpha value is -4.27. The van der Waals surface area contributed by atoms with E-state index in [0.29, 0.717) is 46.8 Å². The fourth-order valence-electron chi connectivity index (χ4n) is 3.75. The summed E-state index contributed by atoms with van der Waals surface area (Å²) in [4.78, 5) is 17.9. The van der Waals surface area contributed by atoms with Gasteiger partial charge in [-0.2, -0.15) is 10.1 Å². The van der Waals surface area contributed by atoms with Crippen LogP contribution in [0.15, 0.2) is 72.7 Å². The molecule has 0 saturated carbocycles.